The maximum atomic E-state index is 2.36. The van der Waals surface area contributed by atoms with Crippen LogP contribution in [-0.4, -0.2) is 18.0 Å². The van der Waals surface area contributed by atoms with Crippen LogP contribution in [0.4, 0.5) is 0 Å². The van der Waals surface area contributed by atoms with Crippen molar-refractivity contribution in [3.8, 4) is 0 Å². The van der Waals surface area contributed by atoms with Crippen LogP contribution < -0.4 is 18.9 Å². The number of hydrogen-bond acceptors (Lipinski definition) is 1. The zero-order valence-corrected chi connectivity index (χ0v) is 5.85. The molecule has 0 N–H and O–H groups in total. The molecule has 1 aliphatic rings. The number of rotatable bonds is 1. The molecule has 0 aromatic heterocycles. The van der Waals surface area contributed by atoms with Crippen molar-refractivity contribution in [1.82, 2.24) is 4.90 Å². The summed E-state index contributed by atoms with van der Waals surface area (Å²) in [5, 5.41) is 0. The van der Waals surface area contributed by atoms with E-state index in [2.05, 4.69) is 18.4 Å². The van der Waals surface area contributed by atoms with E-state index >= 15 is 0 Å². The third-order valence-electron chi connectivity index (χ3n) is 1.51. The second-order valence-corrected chi connectivity index (χ2v) is 2.00. The van der Waals surface area contributed by atoms with Gasteiger partial charge in [-0.1, -0.05) is 0 Å². The van der Waals surface area contributed by atoms with Gasteiger partial charge in [-0.3, -0.25) is 6.54 Å². The van der Waals surface area contributed by atoms with Crippen LogP contribution in [0.1, 0.15) is 19.8 Å². The Hall–Kier alpha value is 0.557. The molecule has 1 fully saturated rings. The van der Waals surface area contributed by atoms with Crippen molar-refractivity contribution in [2.45, 2.75) is 19.8 Å². The van der Waals surface area contributed by atoms with Gasteiger partial charge in [0.1, 0.15) is 0 Å². The molecule has 42 valence electrons. The summed E-state index contributed by atoms with van der Waals surface area (Å²) in [4.78, 5) is 2.36. The van der Waals surface area contributed by atoms with Crippen molar-refractivity contribution in [1.29, 1.82) is 0 Å². The SMILES string of the molecule is C[CH-]N1CCCC1.[Li+]. The molecule has 0 amide bonds. The molecule has 2 heteroatoms. The van der Waals surface area contributed by atoms with E-state index in [1.807, 2.05) is 0 Å². The van der Waals surface area contributed by atoms with E-state index < -0.39 is 0 Å². The van der Waals surface area contributed by atoms with Crippen molar-refractivity contribution in [3.63, 3.8) is 0 Å². The zero-order chi connectivity index (χ0) is 5.11. The molecule has 0 atom stereocenters. The molecule has 1 heterocycles. The number of nitrogens with zero attached hydrogens (tertiary/aromatic N) is 1. The number of likely N-dealkylation sites (tertiary alicyclic amines) is 1. The normalized spacial score (nSPS) is 20.6. The molecule has 0 saturated carbocycles. The maximum absolute atomic E-state index is 2.36. The summed E-state index contributed by atoms with van der Waals surface area (Å²) in [6.45, 7) is 6.85. The first kappa shape index (κ1) is 8.56. The average molecular weight is 105 g/mol. The minimum atomic E-state index is 0. The van der Waals surface area contributed by atoms with Gasteiger partial charge in [-0.2, -0.15) is 6.92 Å². The number of hydrogen-bond donors (Lipinski definition) is 0. The van der Waals surface area contributed by atoms with E-state index in [9.17, 15) is 0 Å². The Morgan fingerprint density at radius 2 is 1.75 bits per heavy atom. The van der Waals surface area contributed by atoms with Crippen molar-refractivity contribution in [2.24, 2.45) is 0 Å². The van der Waals surface area contributed by atoms with Gasteiger partial charge in [0.2, 0.25) is 0 Å². The van der Waals surface area contributed by atoms with Gasteiger partial charge in [-0.05, 0) is 25.9 Å². The summed E-state index contributed by atoms with van der Waals surface area (Å²) in [7, 11) is 0. The van der Waals surface area contributed by atoms with Crippen LogP contribution in [0.25, 0.3) is 0 Å². The minimum Gasteiger partial charge on any atom is -0.457 e. The topological polar surface area (TPSA) is 3.24 Å². The van der Waals surface area contributed by atoms with Crippen molar-refractivity contribution in [2.75, 3.05) is 13.1 Å². The molecule has 0 bridgehead atoms. The Morgan fingerprint density at radius 1 is 1.25 bits per heavy atom. The molecule has 1 saturated heterocycles. The van der Waals surface area contributed by atoms with E-state index in [0.717, 1.165) is 0 Å². The van der Waals surface area contributed by atoms with Crippen molar-refractivity contribution >= 4 is 0 Å². The monoisotopic (exact) mass is 105 g/mol. The van der Waals surface area contributed by atoms with Crippen LogP contribution in [0.3, 0.4) is 0 Å². The van der Waals surface area contributed by atoms with Gasteiger partial charge < -0.3 is 4.90 Å². The fourth-order valence-corrected chi connectivity index (χ4v) is 1.000. The van der Waals surface area contributed by atoms with Gasteiger partial charge in [-0.25, -0.2) is 0 Å². The third kappa shape index (κ3) is 2.22. The summed E-state index contributed by atoms with van der Waals surface area (Å²) in [6, 6.07) is 0. The van der Waals surface area contributed by atoms with E-state index in [0.29, 0.717) is 0 Å². The zero-order valence-electron chi connectivity index (χ0n) is 5.85. The predicted molar refractivity (Wildman–Crippen MR) is 30.8 cm³/mol. The van der Waals surface area contributed by atoms with Crippen LogP contribution in [0.2, 0.25) is 0 Å². The summed E-state index contributed by atoms with van der Waals surface area (Å²) < 4.78 is 0. The summed E-state index contributed by atoms with van der Waals surface area (Å²) in [5.41, 5.74) is 0. The molecule has 8 heavy (non-hydrogen) atoms. The Balaban J connectivity index is 0.000000490. The minimum absolute atomic E-state index is 0. The molecule has 0 aliphatic carbocycles. The molecular formula is C6H12LiN. The molecule has 0 radical (unpaired) electrons. The fraction of sp³-hybridized carbons (Fsp3) is 0.833. The predicted octanol–water partition coefficient (Wildman–Crippen LogP) is -1.73. The van der Waals surface area contributed by atoms with E-state index in [1.54, 1.807) is 0 Å². The Kier molecular flexibility index (Phi) is 4.75. The van der Waals surface area contributed by atoms with Gasteiger partial charge >= 0.3 is 18.9 Å². The van der Waals surface area contributed by atoms with Crippen LogP contribution >= 0.6 is 0 Å². The molecule has 1 rings (SSSR count). The second-order valence-electron chi connectivity index (χ2n) is 2.00. The van der Waals surface area contributed by atoms with Gasteiger partial charge in [0.05, 0.1) is 0 Å². The summed E-state index contributed by atoms with van der Waals surface area (Å²) in [5.74, 6) is 0. The molecule has 0 spiro atoms. The molecule has 0 aromatic carbocycles. The molecule has 0 aromatic rings. The summed E-state index contributed by atoms with van der Waals surface area (Å²) in [6.07, 6.45) is 2.79. The van der Waals surface area contributed by atoms with Crippen LogP contribution in [0, 0.1) is 6.54 Å². The largest absolute Gasteiger partial charge is 1.00 e. The maximum Gasteiger partial charge on any atom is 1.00 e. The Labute approximate surface area is 63.6 Å². The van der Waals surface area contributed by atoms with Gasteiger partial charge in [0, 0.05) is 0 Å². The smallest absolute Gasteiger partial charge is 0.457 e. The van der Waals surface area contributed by atoms with Gasteiger partial charge in [0.15, 0.2) is 0 Å². The first-order valence-corrected chi connectivity index (χ1v) is 2.97. The second kappa shape index (κ2) is 4.44. The van der Waals surface area contributed by atoms with Crippen molar-refractivity contribution < 1.29 is 18.9 Å². The van der Waals surface area contributed by atoms with Gasteiger partial charge in [-0.15, -0.1) is 0 Å². The van der Waals surface area contributed by atoms with Crippen LogP contribution in [-0.2, 0) is 0 Å². The van der Waals surface area contributed by atoms with E-state index in [4.69, 9.17) is 0 Å². The fourth-order valence-electron chi connectivity index (χ4n) is 1.000. The van der Waals surface area contributed by atoms with Gasteiger partial charge in [0.25, 0.3) is 0 Å². The first-order chi connectivity index (χ1) is 3.43. The van der Waals surface area contributed by atoms with E-state index in [-0.39, 0.29) is 18.9 Å². The average Bonchev–Trinajstić information content (AvgIpc) is 2.14. The Bertz CT molecular complexity index is 50.5. The van der Waals surface area contributed by atoms with Crippen molar-refractivity contribution in [3.05, 3.63) is 6.54 Å². The van der Waals surface area contributed by atoms with Crippen LogP contribution in [0.15, 0.2) is 0 Å². The molecular weight excluding hydrogens is 93.0 g/mol. The Morgan fingerprint density at radius 3 is 2.00 bits per heavy atom. The van der Waals surface area contributed by atoms with Crippen LogP contribution in [0.5, 0.6) is 0 Å². The quantitative estimate of drug-likeness (QED) is 0.283. The standard InChI is InChI=1S/C6H12N.Li/c1-2-7-5-3-4-6-7;/h2H,3-6H2,1H3;/q-1;+1. The van der Waals surface area contributed by atoms with E-state index in [1.165, 1.54) is 25.9 Å². The molecule has 0 unspecified atom stereocenters. The third-order valence-corrected chi connectivity index (χ3v) is 1.51. The summed E-state index contributed by atoms with van der Waals surface area (Å²) >= 11 is 0. The molecule has 1 nitrogen and oxygen atoms in total. The first-order valence-electron chi connectivity index (χ1n) is 2.97. The molecule has 1 aliphatic heterocycles.